The minimum absolute atomic E-state index is 0.0629. The summed E-state index contributed by atoms with van der Waals surface area (Å²) in [5.41, 5.74) is -1.65. The smallest absolute Gasteiger partial charge is 0.329 e. The third-order valence-electron chi connectivity index (χ3n) is 5.04. The highest BCUT2D eigenvalue weighted by Crippen LogP contribution is 2.25. The van der Waals surface area contributed by atoms with Crippen molar-refractivity contribution in [3.63, 3.8) is 0 Å². The third-order valence-corrected chi connectivity index (χ3v) is 5.36. The van der Waals surface area contributed by atoms with Crippen LogP contribution in [0.25, 0.3) is 0 Å². The van der Waals surface area contributed by atoms with E-state index in [0.29, 0.717) is 0 Å². The molecule has 0 aliphatic heterocycles. The number of nitrogens with one attached hydrogen (secondary N) is 2. The molecule has 0 aromatic heterocycles. The molecule has 2 amide bonds. The number of nitrogens with zero attached hydrogens (tertiary/aromatic N) is 2. The second-order valence-corrected chi connectivity index (χ2v) is 8.56. The fourth-order valence-corrected chi connectivity index (χ4v) is 2.66. The Balaban J connectivity index is 2.94. The molecule has 0 spiro atoms. The summed E-state index contributed by atoms with van der Waals surface area (Å²) in [5, 5.41) is 25.3. The Morgan fingerprint density at radius 2 is 1.81 bits per heavy atom. The molecule has 3 atom stereocenters. The lowest BCUT2D eigenvalue weighted by atomic mass is 9.90. The average molecular weight is 467 g/mol. The maximum absolute atomic E-state index is 12.7. The van der Waals surface area contributed by atoms with Gasteiger partial charge in [0.15, 0.2) is 6.10 Å². The molecule has 1 aromatic carbocycles. The van der Waals surface area contributed by atoms with Crippen LogP contribution in [0, 0.1) is 33.3 Å². The first-order chi connectivity index (χ1) is 14.7. The second kappa shape index (κ2) is 10.9. The summed E-state index contributed by atoms with van der Waals surface area (Å²) in [5.74, 6) is -2.86. The van der Waals surface area contributed by atoms with Crippen LogP contribution < -0.4 is 10.6 Å². The van der Waals surface area contributed by atoms with Crippen molar-refractivity contribution in [2.75, 3.05) is 0 Å². The van der Waals surface area contributed by atoms with Gasteiger partial charge in [0, 0.05) is 11.6 Å². The Morgan fingerprint density at radius 1 is 1.22 bits per heavy atom. The normalized spacial score (nSPS) is 14.6. The van der Waals surface area contributed by atoms with Crippen LogP contribution in [0.5, 0.6) is 0 Å². The van der Waals surface area contributed by atoms with Gasteiger partial charge in [0.05, 0.1) is 11.0 Å². The molecule has 0 radical (unpaired) electrons. The van der Waals surface area contributed by atoms with Crippen LogP contribution in [0.3, 0.4) is 0 Å². The van der Waals surface area contributed by atoms with Crippen LogP contribution >= 0.6 is 11.6 Å². The molecule has 3 unspecified atom stereocenters. The zero-order valence-corrected chi connectivity index (χ0v) is 19.5. The lowest BCUT2D eigenvalue weighted by Gasteiger charge is -2.29. The van der Waals surface area contributed by atoms with Gasteiger partial charge in [-0.1, -0.05) is 39.3 Å². The van der Waals surface area contributed by atoms with Crippen molar-refractivity contribution in [1.29, 1.82) is 5.26 Å². The number of hydrogen-bond donors (Lipinski definition) is 2. The lowest BCUT2D eigenvalue weighted by Crippen LogP contribution is -2.53. The SMILES string of the molecule is CC(OC(=O)C(NC(=O)c1ccc(Cl)c([N+](=O)[O-])c1)C(C)C)C(=O)NC(C)(C#N)C(C)C. The first-order valence-electron chi connectivity index (χ1n) is 9.92. The van der Waals surface area contributed by atoms with E-state index in [0.717, 1.165) is 6.07 Å². The van der Waals surface area contributed by atoms with Gasteiger partial charge >= 0.3 is 5.97 Å². The van der Waals surface area contributed by atoms with E-state index in [4.69, 9.17) is 16.3 Å². The summed E-state index contributed by atoms with van der Waals surface area (Å²) in [6, 6.07) is 4.41. The van der Waals surface area contributed by atoms with Crippen LogP contribution in [0.2, 0.25) is 5.02 Å². The lowest BCUT2D eigenvalue weighted by molar-refractivity contribution is -0.384. The number of carbonyl (C=O) groups is 3. The standard InChI is InChI=1S/C21H27ClN4O6/c1-11(2)17(24-19(28)14-7-8-15(22)16(9-14)26(30)31)20(29)32-13(5)18(27)25-21(6,10-23)12(3)4/h7-9,11-13,17H,1-6H3,(H,24,28)(H,25,27). The zero-order valence-electron chi connectivity index (χ0n) is 18.8. The van der Waals surface area contributed by atoms with Crippen LogP contribution in [0.15, 0.2) is 18.2 Å². The van der Waals surface area contributed by atoms with E-state index in [-0.39, 0.29) is 16.5 Å². The Morgan fingerprint density at radius 3 is 2.28 bits per heavy atom. The highest BCUT2D eigenvalue weighted by molar-refractivity contribution is 6.32. The molecule has 1 rings (SSSR count). The Kier molecular flexibility index (Phi) is 9.15. The molecule has 0 saturated carbocycles. The van der Waals surface area contributed by atoms with Crippen molar-refractivity contribution >= 4 is 35.1 Å². The van der Waals surface area contributed by atoms with Gasteiger partial charge in [-0.25, -0.2) is 4.79 Å². The molecule has 0 fully saturated rings. The van der Waals surface area contributed by atoms with Crippen LogP contribution in [0.4, 0.5) is 5.69 Å². The molecule has 32 heavy (non-hydrogen) atoms. The largest absolute Gasteiger partial charge is 0.451 e. The first-order valence-corrected chi connectivity index (χ1v) is 10.3. The van der Waals surface area contributed by atoms with Gasteiger partial charge in [-0.2, -0.15) is 5.26 Å². The fourth-order valence-electron chi connectivity index (χ4n) is 2.48. The predicted molar refractivity (Wildman–Crippen MR) is 117 cm³/mol. The molecule has 0 bridgehead atoms. The molecule has 0 aliphatic carbocycles. The Bertz CT molecular complexity index is 943. The van der Waals surface area contributed by atoms with E-state index in [1.807, 2.05) is 6.07 Å². The van der Waals surface area contributed by atoms with Crippen LogP contribution in [-0.4, -0.2) is 40.4 Å². The molecule has 0 saturated heterocycles. The number of amides is 2. The minimum atomic E-state index is -1.22. The summed E-state index contributed by atoms with van der Waals surface area (Å²) in [4.78, 5) is 48.0. The topological polar surface area (TPSA) is 151 Å². The quantitative estimate of drug-likeness (QED) is 0.322. The summed E-state index contributed by atoms with van der Waals surface area (Å²) < 4.78 is 5.22. The van der Waals surface area contributed by atoms with Crippen molar-refractivity contribution < 1.29 is 24.0 Å². The van der Waals surface area contributed by atoms with Gasteiger partial charge in [-0.05, 0) is 37.8 Å². The maximum Gasteiger partial charge on any atom is 0.329 e. The van der Waals surface area contributed by atoms with E-state index in [1.54, 1.807) is 34.6 Å². The molecule has 10 nitrogen and oxygen atoms in total. The number of ether oxygens (including phenoxy) is 1. The number of hydrogen-bond acceptors (Lipinski definition) is 7. The Labute approximate surface area is 191 Å². The van der Waals surface area contributed by atoms with E-state index in [1.165, 1.54) is 19.1 Å². The van der Waals surface area contributed by atoms with Crippen molar-refractivity contribution in [3.05, 3.63) is 38.9 Å². The molecular weight excluding hydrogens is 440 g/mol. The second-order valence-electron chi connectivity index (χ2n) is 8.16. The number of halogens is 1. The Hall–Kier alpha value is -3.19. The van der Waals surface area contributed by atoms with E-state index >= 15 is 0 Å². The van der Waals surface area contributed by atoms with Gasteiger partial charge in [-0.15, -0.1) is 0 Å². The minimum Gasteiger partial charge on any atom is -0.451 e. The van der Waals surface area contributed by atoms with Crippen LogP contribution in [-0.2, 0) is 14.3 Å². The number of benzene rings is 1. The fraction of sp³-hybridized carbons (Fsp3) is 0.524. The van der Waals surface area contributed by atoms with Gasteiger partial charge in [-0.3, -0.25) is 19.7 Å². The average Bonchev–Trinajstić information content (AvgIpc) is 2.70. The molecular formula is C21H27ClN4O6. The van der Waals surface area contributed by atoms with Gasteiger partial charge in [0.1, 0.15) is 16.6 Å². The maximum atomic E-state index is 12.7. The van der Waals surface area contributed by atoms with Crippen LogP contribution in [0.1, 0.15) is 51.9 Å². The number of nitriles is 1. The van der Waals surface area contributed by atoms with Crippen molar-refractivity contribution in [3.8, 4) is 6.07 Å². The van der Waals surface area contributed by atoms with E-state index in [2.05, 4.69) is 10.6 Å². The summed E-state index contributed by atoms with van der Waals surface area (Å²) in [6.07, 6.45) is -1.22. The highest BCUT2D eigenvalue weighted by Gasteiger charge is 2.34. The zero-order chi connectivity index (χ0) is 24.8. The monoisotopic (exact) mass is 466 g/mol. The highest BCUT2D eigenvalue weighted by atomic mass is 35.5. The summed E-state index contributed by atoms with van der Waals surface area (Å²) in [7, 11) is 0. The van der Waals surface area contributed by atoms with Gasteiger partial charge in [0.25, 0.3) is 17.5 Å². The first kappa shape index (κ1) is 26.8. The van der Waals surface area contributed by atoms with Gasteiger partial charge < -0.3 is 15.4 Å². The predicted octanol–water partition coefficient (Wildman–Crippen LogP) is 2.99. The van der Waals surface area contributed by atoms with Gasteiger partial charge in [0.2, 0.25) is 0 Å². The summed E-state index contributed by atoms with van der Waals surface area (Å²) >= 11 is 5.76. The molecule has 0 heterocycles. The number of esters is 1. The van der Waals surface area contributed by atoms with Crippen molar-refractivity contribution in [1.82, 2.24) is 10.6 Å². The van der Waals surface area contributed by atoms with E-state index in [9.17, 15) is 29.8 Å². The number of rotatable bonds is 9. The molecule has 174 valence electrons. The molecule has 11 heteroatoms. The molecule has 1 aromatic rings. The van der Waals surface area contributed by atoms with E-state index < -0.39 is 52.0 Å². The summed E-state index contributed by atoms with van der Waals surface area (Å²) in [6.45, 7) is 9.77. The number of nitro groups is 1. The van der Waals surface area contributed by atoms with Crippen molar-refractivity contribution in [2.45, 2.75) is 59.2 Å². The number of nitro benzene ring substituents is 1. The molecule has 2 N–H and O–H groups in total. The number of carbonyl (C=O) groups excluding carboxylic acids is 3. The van der Waals surface area contributed by atoms with Crippen molar-refractivity contribution in [2.24, 2.45) is 11.8 Å². The molecule has 0 aliphatic rings. The third kappa shape index (κ3) is 6.65.